The van der Waals surface area contributed by atoms with E-state index in [1.165, 1.54) is 42.7 Å². The van der Waals surface area contributed by atoms with Crippen molar-refractivity contribution in [2.24, 2.45) is 0 Å². The number of nitrogens with zero attached hydrogens (tertiary/aromatic N) is 2. The Balaban J connectivity index is 1.59. The van der Waals surface area contributed by atoms with Crippen LogP contribution in [0.4, 0.5) is 10.1 Å². The SMILES string of the molecule is Cc1ccc(-n2c(=O)c3ccc(C(=O)NCc4ccco4)cc3n(CC(=O)Nc3cccc(F)c3)c2=O)cc1. The van der Waals surface area contributed by atoms with Gasteiger partial charge in [-0.15, -0.1) is 0 Å². The minimum Gasteiger partial charge on any atom is -0.467 e. The monoisotopic (exact) mass is 526 g/mol. The van der Waals surface area contributed by atoms with Crippen LogP contribution in [0.5, 0.6) is 0 Å². The van der Waals surface area contributed by atoms with Gasteiger partial charge in [-0.2, -0.15) is 0 Å². The van der Waals surface area contributed by atoms with Crippen LogP contribution in [0.15, 0.2) is 99.1 Å². The molecule has 5 aromatic rings. The molecular weight excluding hydrogens is 503 g/mol. The van der Waals surface area contributed by atoms with Crippen LogP contribution >= 0.6 is 0 Å². The first-order chi connectivity index (χ1) is 18.8. The van der Waals surface area contributed by atoms with Gasteiger partial charge in [-0.3, -0.25) is 19.0 Å². The average Bonchev–Trinajstić information content (AvgIpc) is 3.44. The predicted molar refractivity (Wildman–Crippen MR) is 143 cm³/mol. The normalized spacial score (nSPS) is 10.9. The van der Waals surface area contributed by atoms with Gasteiger partial charge in [0, 0.05) is 11.3 Å². The highest BCUT2D eigenvalue weighted by Gasteiger charge is 2.19. The van der Waals surface area contributed by atoms with Crippen molar-refractivity contribution in [2.75, 3.05) is 5.32 Å². The summed E-state index contributed by atoms with van der Waals surface area (Å²) < 4.78 is 20.9. The summed E-state index contributed by atoms with van der Waals surface area (Å²) in [6.45, 7) is 1.53. The summed E-state index contributed by atoms with van der Waals surface area (Å²) >= 11 is 0. The second kappa shape index (κ2) is 10.6. The number of halogens is 1. The molecule has 39 heavy (non-hydrogen) atoms. The quantitative estimate of drug-likeness (QED) is 0.335. The van der Waals surface area contributed by atoms with Crippen LogP contribution < -0.4 is 21.9 Å². The van der Waals surface area contributed by atoms with Gasteiger partial charge in [-0.1, -0.05) is 23.8 Å². The maximum absolute atomic E-state index is 13.7. The van der Waals surface area contributed by atoms with Crippen LogP contribution in [0.3, 0.4) is 0 Å². The van der Waals surface area contributed by atoms with Crippen LogP contribution in [0, 0.1) is 12.7 Å². The molecule has 3 aromatic carbocycles. The van der Waals surface area contributed by atoms with Gasteiger partial charge in [0.15, 0.2) is 0 Å². The van der Waals surface area contributed by atoms with Gasteiger partial charge in [0.05, 0.1) is 29.4 Å². The molecule has 2 heterocycles. The third kappa shape index (κ3) is 5.40. The lowest BCUT2D eigenvalue weighted by Gasteiger charge is -2.15. The zero-order valence-corrected chi connectivity index (χ0v) is 20.8. The number of hydrogen-bond donors (Lipinski definition) is 2. The van der Waals surface area contributed by atoms with Gasteiger partial charge in [0.25, 0.3) is 11.5 Å². The number of anilines is 1. The van der Waals surface area contributed by atoms with Crippen molar-refractivity contribution in [3.8, 4) is 5.69 Å². The van der Waals surface area contributed by atoms with E-state index in [0.717, 1.165) is 20.8 Å². The van der Waals surface area contributed by atoms with Crippen molar-refractivity contribution >= 4 is 28.4 Å². The predicted octanol–water partition coefficient (Wildman–Crippen LogP) is 3.76. The molecule has 2 N–H and O–H groups in total. The highest BCUT2D eigenvalue weighted by atomic mass is 19.1. The zero-order chi connectivity index (χ0) is 27.5. The number of hydrogen-bond acceptors (Lipinski definition) is 5. The molecule has 0 unspecified atom stereocenters. The number of nitrogens with one attached hydrogen (secondary N) is 2. The molecule has 0 spiro atoms. The fraction of sp³-hybridized carbons (Fsp3) is 0.103. The van der Waals surface area contributed by atoms with Gasteiger partial charge < -0.3 is 15.1 Å². The Morgan fingerprint density at radius 1 is 0.949 bits per heavy atom. The van der Waals surface area contributed by atoms with Gasteiger partial charge >= 0.3 is 5.69 Å². The number of carbonyl (C=O) groups excluding carboxylic acids is 2. The molecule has 2 aromatic heterocycles. The molecule has 0 radical (unpaired) electrons. The molecule has 10 heteroatoms. The Bertz CT molecular complexity index is 1810. The van der Waals surface area contributed by atoms with E-state index in [4.69, 9.17) is 4.42 Å². The van der Waals surface area contributed by atoms with E-state index in [9.17, 15) is 23.6 Å². The summed E-state index contributed by atoms with van der Waals surface area (Å²) in [7, 11) is 0. The number of fused-ring (bicyclic) bond motifs is 1. The summed E-state index contributed by atoms with van der Waals surface area (Å²) in [5, 5.41) is 5.42. The maximum atomic E-state index is 13.7. The molecule has 0 fully saturated rings. The van der Waals surface area contributed by atoms with Crippen molar-refractivity contribution in [3.05, 3.63) is 129 Å². The molecule has 9 nitrogen and oxygen atoms in total. The fourth-order valence-electron chi connectivity index (χ4n) is 4.18. The van der Waals surface area contributed by atoms with E-state index >= 15 is 0 Å². The topological polar surface area (TPSA) is 115 Å². The first kappa shape index (κ1) is 25.4. The Morgan fingerprint density at radius 3 is 2.46 bits per heavy atom. The molecule has 196 valence electrons. The van der Waals surface area contributed by atoms with E-state index in [0.29, 0.717) is 11.4 Å². The van der Waals surface area contributed by atoms with Crippen molar-refractivity contribution < 1.29 is 18.4 Å². The molecule has 0 aliphatic carbocycles. The Morgan fingerprint density at radius 2 is 1.74 bits per heavy atom. The van der Waals surface area contributed by atoms with E-state index in [1.807, 2.05) is 6.92 Å². The fourth-order valence-corrected chi connectivity index (χ4v) is 4.18. The summed E-state index contributed by atoms with van der Waals surface area (Å²) in [6, 6.07) is 19.9. The van der Waals surface area contributed by atoms with Crippen LogP contribution in [-0.4, -0.2) is 20.9 Å². The molecule has 0 aliphatic heterocycles. The van der Waals surface area contributed by atoms with E-state index in [1.54, 1.807) is 36.4 Å². The summed E-state index contributed by atoms with van der Waals surface area (Å²) in [6.07, 6.45) is 1.49. The van der Waals surface area contributed by atoms with Crippen molar-refractivity contribution in [2.45, 2.75) is 20.0 Å². The highest BCUT2D eigenvalue weighted by molar-refractivity contribution is 5.98. The Labute approximate surface area is 221 Å². The number of amides is 2. The summed E-state index contributed by atoms with van der Waals surface area (Å²) in [5.41, 5.74) is 0.405. The van der Waals surface area contributed by atoms with E-state index < -0.39 is 35.4 Å². The third-order valence-corrected chi connectivity index (χ3v) is 6.11. The van der Waals surface area contributed by atoms with Crippen LogP contribution in [0.25, 0.3) is 16.6 Å². The third-order valence-electron chi connectivity index (χ3n) is 6.11. The van der Waals surface area contributed by atoms with Crippen LogP contribution in [-0.2, 0) is 17.9 Å². The maximum Gasteiger partial charge on any atom is 0.336 e. The molecule has 0 bridgehead atoms. The molecule has 2 amide bonds. The molecule has 0 saturated carbocycles. The number of carbonyl (C=O) groups is 2. The van der Waals surface area contributed by atoms with E-state index in [-0.39, 0.29) is 28.7 Å². The second-order valence-corrected chi connectivity index (χ2v) is 8.90. The van der Waals surface area contributed by atoms with Crippen LogP contribution in [0.1, 0.15) is 21.7 Å². The number of rotatable bonds is 7. The first-order valence-corrected chi connectivity index (χ1v) is 12.0. The highest BCUT2D eigenvalue weighted by Crippen LogP contribution is 2.15. The largest absolute Gasteiger partial charge is 0.467 e. The van der Waals surface area contributed by atoms with Gasteiger partial charge in [-0.25, -0.2) is 13.8 Å². The zero-order valence-electron chi connectivity index (χ0n) is 20.8. The molecular formula is C29H23FN4O5. The lowest BCUT2D eigenvalue weighted by atomic mass is 10.1. The van der Waals surface area contributed by atoms with Gasteiger partial charge in [-0.05, 0) is 67.6 Å². The van der Waals surface area contributed by atoms with E-state index in [2.05, 4.69) is 10.6 Å². The number of aryl methyl sites for hydroxylation is 1. The molecule has 0 atom stereocenters. The number of aromatic nitrogens is 2. The molecule has 0 aliphatic rings. The van der Waals surface area contributed by atoms with Crippen molar-refractivity contribution in [1.82, 2.24) is 14.5 Å². The minimum absolute atomic E-state index is 0.105. The molecule has 5 rings (SSSR count). The smallest absolute Gasteiger partial charge is 0.336 e. The second-order valence-electron chi connectivity index (χ2n) is 8.90. The Kier molecular flexibility index (Phi) is 6.92. The van der Waals surface area contributed by atoms with Gasteiger partial charge in [0.1, 0.15) is 18.1 Å². The summed E-state index contributed by atoms with van der Waals surface area (Å²) in [5.74, 6) is -1.06. The molecule has 0 saturated heterocycles. The lowest BCUT2D eigenvalue weighted by molar-refractivity contribution is -0.116. The Hall–Kier alpha value is -5.25. The average molecular weight is 527 g/mol. The summed E-state index contributed by atoms with van der Waals surface area (Å²) in [4.78, 5) is 52.9. The lowest BCUT2D eigenvalue weighted by Crippen LogP contribution is -2.41. The first-order valence-electron chi connectivity index (χ1n) is 12.0. The number of benzene rings is 3. The van der Waals surface area contributed by atoms with Crippen molar-refractivity contribution in [3.63, 3.8) is 0 Å². The van der Waals surface area contributed by atoms with Crippen LogP contribution in [0.2, 0.25) is 0 Å². The standard InChI is InChI=1S/C29H23FN4O5/c1-18-7-10-22(11-8-18)34-28(37)24-12-9-19(27(36)31-16-23-6-3-13-39-23)14-25(24)33(29(34)38)17-26(35)32-21-5-2-4-20(30)15-21/h2-15H,16-17H2,1H3,(H,31,36)(H,32,35). The number of furan rings is 1. The minimum atomic E-state index is -0.765. The van der Waals surface area contributed by atoms with Gasteiger partial charge in [0.2, 0.25) is 5.91 Å². The van der Waals surface area contributed by atoms with Crippen molar-refractivity contribution in [1.29, 1.82) is 0 Å².